The van der Waals surface area contributed by atoms with Crippen molar-refractivity contribution in [2.24, 2.45) is 0 Å². The van der Waals surface area contributed by atoms with Gasteiger partial charge in [0.1, 0.15) is 12.4 Å². The first kappa shape index (κ1) is 11.0. The highest BCUT2D eigenvalue weighted by Crippen LogP contribution is 2.17. The second-order valence-corrected chi connectivity index (χ2v) is 2.90. The Morgan fingerprint density at radius 3 is 2.86 bits per heavy atom. The second kappa shape index (κ2) is 5.59. The van der Waals surface area contributed by atoms with E-state index < -0.39 is 6.29 Å². The van der Waals surface area contributed by atoms with Crippen LogP contribution < -0.4 is 10.1 Å². The molecule has 0 unspecified atom stereocenters. The number of rotatable bonds is 5. The summed E-state index contributed by atoms with van der Waals surface area (Å²) in [7, 11) is 1.84. The van der Waals surface area contributed by atoms with Gasteiger partial charge in [-0.05, 0) is 19.2 Å². The van der Waals surface area contributed by atoms with Gasteiger partial charge in [0.05, 0.1) is 0 Å². The summed E-state index contributed by atoms with van der Waals surface area (Å²) in [6, 6.07) is 6.75. The molecule has 0 bridgehead atoms. The average Bonchev–Trinajstić information content (AvgIpc) is 2.19. The molecule has 1 aromatic carbocycles. The molecule has 0 aliphatic carbocycles. The third kappa shape index (κ3) is 3.33. The third-order valence-electron chi connectivity index (χ3n) is 1.78. The number of hydrogen-bond acceptors (Lipinski definition) is 4. The van der Waals surface area contributed by atoms with Crippen molar-refractivity contribution in [1.82, 2.24) is 5.32 Å². The molecule has 0 aliphatic heterocycles. The summed E-state index contributed by atoms with van der Waals surface area (Å²) in [6.45, 7) is 1.31. The zero-order chi connectivity index (χ0) is 10.4. The van der Waals surface area contributed by atoms with Gasteiger partial charge in [0.2, 0.25) is 0 Å². The highest BCUT2D eigenvalue weighted by atomic mass is 16.5. The molecule has 0 aromatic heterocycles. The van der Waals surface area contributed by atoms with E-state index in [0.29, 0.717) is 17.9 Å². The number of likely N-dealkylation sites (N-methyl/N-ethyl adjacent to an activating group) is 1. The Bertz CT molecular complexity index is 276. The molecule has 78 valence electrons. The SMILES string of the molecule is CNCCOc1cccc(C(O)O)c1. The maximum absolute atomic E-state index is 8.91. The summed E-state index contributed by atoms with van der Waals surface area (Å²) in [5, 5.41) is 20.8. The first-order valence-corrected chi connectivity index (χ1v) is 4.47. The highest BCUT2D eigenvalue weighted by molar-refractivity contribution is 5.28. The van der Waals surface area contributed by atoms with Gasteiger partial charge in [0.25, 0.3) is 0 Å². The Morgan fingerprint density at radius 2 is 2.21 bits per heavy atom. The van der Waals surface area contributed by atoms with Gasteiger partial charge in [-0.3, -0.25) is 0 Å². The fourth-order valence-corrected chi connectivity index (χ4v) is 1.04. The lowest BCUT2D eigenvalue weighted by Gasteiger charge is -2.08. The molecule has 0 spiro atoms. The van der Waals surface area contributed by atoms with Gasteiger partial charge >= 0.3 is 0 Å². The molecule has 4 nitrogen and oxygen atoms in total. The molecule has 14 heavy (non-hydrogen) atoms. The Hall–Kier alpha value is -1.10. The standard InChI is InChI=1S/C10H15NO3/c1-11-5-6-14-9-4-2-3-8(7-9)10(12)13/h2-4,7,10-13H,5-6H2,1H3. The Morgan fingerprint density at radius 1 is 1.43 bits per heavy atom. The van der Waals surface area contributed by atoms with Crippen molar-refractivity contribution in [3.05, 3.63) is 29.8 Å². The molecule has 0 fully saturated rings. The molecular formula is C10H15NO3. The summed E-state index contributed by atoms with van der Waals surface area (Å²) in [4.78, 5) is 0. The minimum Gasteiger partial charge on any atom is -0.492 e. The second-order valence-electron chi connectivity index (χ2n) is 2.90. The van der Waals surface area contributed by atoms with Gasteiger partial charge in [0, 0.05) is 12.1 Å². The zero-order valence-corrected chi connectivity index (χ0v) is 8.10. The van der Waals surface area contributed by atoms with Crippen molar-refractivity contribution >= 4 is 0 Å². The molecular weight excluding hydrogens is 182 g/mol. The summed E-state index contributed by atoms with van der Waals surface area (Å²) in [5.41, 5.74) is 0.437. The van der Waals surface area contributed by atoms with Gasteiger partial charge in [0.15, 0.2) is 6.29 Å². The lowest BCUT2D eigenvalue weighted by molar-refractivity contribution is -0.0426. The highest BCUT2D eigenvalue weighted by Gasteiger charge is 2.02. The molecule has 0 saturated heterocycles. The van der Waals surface area contributed by atoms with Crippen LogP contribution in [0.2, 0.25) is 0 Å². The van der Waals surface area contributed by atoms with Crippen LogP contribution in [0.15, 0.2) is 24.3 Å². The van der Waals surface area contributed by atoms with E-state index in [2.05, 4.69) is 5.32 Å². The van der Waals surface area contributed by atoms with E-state index in [-0.39, 0.29) is 0 Å². The minimum absolute atomic E-state index is 0.437. The smallest absolute Gasteiger partial charge is 0.178 e. The number of aliphatic hydroxyl groups is 2. The van der Waals surface area contributed by atoms with Crippen LogP contribution in [-0.4, -0.2) is 30.4 Å². The van der Waals surface area contributed by atoms with Crippen molar-refractivity contribution < 1.29 is 14.9 Å². The Kier molecular flexibility index (Phi) is 4.39. The van der Waals surface area contributed by atoms with E-state index in [0.717, 1.165) is 6.54 Å². The molecule has 1 rings (SSSR count). The fraction of sp³-hybridized carbons (Fsp3) is 0.400. The third-order valence-corrected chi connectivity index (χ3v) is 1.78. The van der Waals surface area contributed by atoms with Crippen LogP contribution in [0.3, 0.4) is 0 Å². The Balaban J connectivity index is 2.55. The molecule has 0 heterocycles. The number of ether oxygens (including phenoxy) is 1. The maximum Gasteiger partial charge on any atom is 0.178 e. The van der Waals surface area contributed by atoms with Crippen molar-refractivity contribution in [1.29, 1.82) is 0 Å². The van der Waals surface area contributed by atoms with Crippen LogP contribution in [0, 0.1) is 0 Å². The van der Waals surface area contributed by atoms with E-state index in [1.165, 1.54) is 0 Å². The molecule has 0 aliphatic rings. The molecule has 0 amide bonds. The van der Waals surface area contributed by atoms with Gasteiger partial charge < -0.3 is 20.3 Å². The van der Waals surface area contributed by atoms with Crippen LogP contribution in [0.25, 0.3) is 0 Å². The van der Waals surface area contributed by atoms with Crippen LogP contribution in [-0.2, 0) is 0 Å². The van der Waals surface area contributed by atoms with E-state index in [4.69, 9.17) is 14.9 Å². The largest absolute Gasteiger partial charge is 0.492 e. The van der Waals surface area contributed by atoms with Gasteiger partial charge in [-0.25, -0.2) is 0 Å². The van der Waals surface area contributed by atoms with Crippen molar-refractivity contribution in [2.75, 3.05) is 20.2 Å². The van der Waals surface area contributed by atoms with E-state index in [1.54, 1.807) is 24.3 Å². The van der Waals surface area contributed by atoms with Crippen molar-refractivity contribution in [3.63, 3.8) is 0 Å². The Labute approximate surface area is 83.1 Å². The topological polar surface area (TPSA) is 61.7 Å². The number of benzene rings is 1. The van der Waals surface area contributed by atoms with Gasteiger partial charge in [-0.15, -0.1) is 0 Å². The molecule has 0 atom stereocenters. The van der Waals surface area contributed by atoms with Crippen LogP contribution in [0.4, 0.5) is 0 Å². The van der Waals surface area contributed by atoms with Crippen molar-refractivity contribution in [2.45, 2.75) is 6.29 Å². The van der Waals surface area contributed by atoms with Gasteiger partial charge in [-0.2, -0.15) is 0 Å². The van der Waals surface area contributed by atoms with E-state index in [9.17, 15) is 0 Å². The summed E-state index contributed by atoms with van der Waals surface area (Å²) >= 11 is 0. The summed E-state index contributed by atoms with van der Waals surface area (Å²) < 4.78 is 5.35. The monoisotopic (exact) mass is 197 g/mol. The fourth-order valence-electron chi connectivity index (χ4n) is 1.04. The number of hydrogen-bond donors (Lipinski definition) is 3. The van der Waals surface area contributed by atoms with Crippen LogP contribution in [0.1, 0.15) is 11.9 Å². The normalized spacial score (nSPS) is 10.6. The lowest BCUT2D eigenvalue weighted by atomic mass is 10.2. The quantitative estimate of drug-likeness (QED) is 0.468. The first-order chi connectivity index (χ1) is 6.74. The van der Waals surface area contributed by atoms with Gasteiger partial charge in [-0.1, -0.05) is 12.1 Å². The first-order valence-electron chi connectivity index (χ1n) is 4.47. The maximum atomic E-state index is 8.91. The minimum atomic E-state index is -1.44. The molecule has 4 heteroatoms. The molecule has 1 aromatic rings. The van der Waals surface area contributed by atoms with Crippen LogP contribution >= 0.6 is 0 Å². The van der Waals surface area contributed by atoms with E-state index >= 15 is 0 Å². The molecule has 0 radical (unpaired) electrons. The van der Waals surface area contributed by atoms with Crippen LogP contribution in [0.5, 0.6) is 5.75 Å². The predicted molar refractivity (Wildman–Crippen MR) is 53.0 cm³/mol. The summed E-state index contributed by atoms with van der Waals surface area (Å²) in [6.07, 6.45) is -1.44. The van der Waals surface area contributed by atoms with E-state index in [1.807, 2.05) is 7.05 Å². The predicted octanol–water partition coefficient (Wildman–Crippen LogP) is 0.268. The average molecular weight is 197 g/mol. The lowest BCUT2D eigenvalue weighted by Crippen LogP contribution is -2.16. The number of nitrogens with one attached hydrogen (secondary N) is 1. The molecule has 0 saturated carbocycles. The number of aliphatic hydroxyl groups excluding tert-OH is 1. The summed E-state index contributed by atoms with van der Waals surface area (Å²) in [5.74, 6) is 0.644. The molecule has 3 N–H and O–H groups in total. The van der Waals surface area contributed by atoms with Crippen molar-refractivity contribution in [3.8, 4) is 5.75 Å². The zero-order valence-electron chi connectivity index (χ0n) is 8.10.